The molecule has 1 aliphatic heterocycles. The third-order valence-corrected chi connectivity index (χ3v) is 6.45. The van der Waals surface area contributed by atoms with Crippen LogP contribution in [0.2, 0.25) is 0 Å². The molecule has 38 heavy (non-hydrogen) atoms. The van der Waals surface area contributed by atoms with Crippen molar-refractivity contribution in [2.75, 3.05) is 18.4 Å². The van der Waals surface area contributed by atoms with Crippen molar-refractivity contribution in [2.45, 2.75) is 25.3 Å². The fraction of sp³-hybridized carbons (Fsp3) is 0.259. The highest BCUT2D eigenvalue weighted by molar-refractivity contribution is 6.11. The molecule has 0 bridgehead atoms. The molecule has 0 saturated carbocycles. The molecule has 196 valence electrons. The molecule has 1 N–H and O–H groups in total. The van der Waals surface area contributed by atoms with Gasteiger partial charge in [0, 0.05) is 32.2 Å². The Bertz CT molecular complexity index is 1580. The summed E-state index contributed by atoms with van der Waals surface area (Å²) >= 11 is 0. The van der Waals surface area contributed by atoms with E-state index < -0.39 is 29.4 Å². The molecule has 3 heterocycles. The lowest BCUT2D eigenvalue weighted by atomic mass is 10.1. The monoisotopic (exact) mass is 525 g/mol. The molecule has 1 atom stereocenters. The van der Waals surface area contributed by atoms with Gasteiger partial charge in [0.15, 0.2) is 0 Å². The van der Waals surface area contributed by atoms with Crippen molar-refractivity contribution in [3.63, 3.8) is 0 Å². The number of hydrogen-bond acceptors (Lipinski definition) is 5. The second-order valence-electron chi connectivity index (χ2n) is 9.17. The number of halogens is 4. The zero-order valence-electron chi connectivity index (χ0n) is 20.3. The van der Waals surface area contributed by atoms with Crippen LogP contribution in [0.4, 0.5) is 23.4 Å². The number of aromatic nitrogens is 3. The Morgan fingerprint density at radius 2 is 1.84 bits per heavy atom. The molecular formula is C27H23F4N5O2. The number of nitrogens with one attached hydrogen (secondary N) is 1. The number of rotatable bonds is 5. The van der Waals surface area contributed by atoms with Gasteiger partial charge in [-0.3, -0.25) is 19.1 Å². The minimum Gasteiger partial charge on any atom is -0.306 e. The lowest BCUT2D eigenvalue weighted by Crippen LogP contribution is -2.23. The van der Waals surface area contributed by atoms with E-state index >= 15 is 0 Å². The van der Waals surface area contributed by atoms with Crippen molar-refractivity contribution in [1.82, 2.24) is 19.4 Å². The van der Waals surface area contributed by atoms with E-state index in [1.165, 1.54) is 37.4 Å². The molecule has 2 aromatic carbocycles. The number of likely N-dealkylation sites (tertiary alicyclic amines) is 1. The third kappa shape index (κ3) is 5.14. The molecular weight excluding hydrogens is 502 g/mol. The fourth-order valence-corrected chi connectivity index (χ4v) is 4.55. The molecule has 4 aromatic rings. The number of anilines is 1. The van der Waals surface area contributed by atoms with Crippen LogP contribution in [0.25, 0.3) is 22.3 Å². The Labute approximate surface area is 214 Å². The van der Waals surface area contributed by atoms with Gasteiger partial charge >= 0.3 is 6.18 Å². The predicted octanol–water partition coefficient (Wildman–Crippen LogP) is 4.81. The van der Waals surface area contributed by atoms with Gasteiger partial charge in [-0.25, -0.2) is 14.4 Å². The van der Waals surface area contributed by atoms with Crippen LogP contribution >= 0.6 is 0 Å². The van der Waals surface area contributed by atoms with Crippen LogP contribution in [0.3, 0.4) is 0 Å². The lowest BCUT2D eigenvalue weighted by molar-refractivity contribution is -0.137. The molecule has 1 amide bonds. The highest BCUT2D eigenvalue weighted by Crippen LogP contribution is 2.32. The van der Waals surface area contributed by atoms with Crippen LogP contribution in [-0.2, 0) is 19.8 Å². The van der Waals surface area contributed by atoms with E-state index in [4.69, 9.17) is 0 Å². The Morgan fingerprint density at radius 3 is 2.58 bits per heavy atom. The summed E-state index contributed by atoms with van der Waals surface area (Å²) in [5, 5.41) is 2.85. The summed E-state index contributed by atoms with van der Waals surface area (Å²) in [6.45, 7) is 1.41. The maximum absolute atomic E-state index is 13.5. The Kier molecular flexibility index (Phi) is 6.70. The van der Waals surface area contributed by atoms with Gasteiger partial charge < -0.3 is 5.32 Å². The normalized spacial score (nSPS) is 16.2. The summed E-state index contributed by atoms with van der Waals surface area (Å²) in [6.07, 6.45) is -4.95. The van der Waals surface area contributed by atoms with Crippen LogP contribution in [0, 0.1) is 0 Å². The first-order chi connectivity index (χ1) is 18.1. The summed E-state index contributed by atoms with van der Waals surface area (Å²) in [4.78, 5) is 37.2. The number of alkyl halides is 4. The third-order valence-electron chi connectivity index (χ3n) is 6.45. The second-order valence-corrected chi connectivity index (χ2v) is 9.17. The number of benzene rings is 2. The van der Waals surface area contributed by atoms with Crippen molar-refractivity contribution < 1.29 is 22.4 Å². The van der Waals surface area contributed by atoms with Crippen LogP contribution in [-0.4, -0.2) is 44.6 Å². The Morgan fingerprint density at radius 1 is 1.08 bits per heavy atom. The lowest BCUT2D eigenvalue weighted by Gasteiger charge is -2.15. The maximum Gasteiger partial charge on any atom is 0.416 e. The standard InChI is InChI=1S/C27H23F4N5O2/c1-35-24(16-5-2-6-17(13-16)27(29,30)31)34-23-20(8-4-9-21(23)26(35)38)25(37)33-22-10-3-7-19(32-22)15-36-12-11-18(28)14-36/h2-10,13,18H,11-12,14-15H2,1H3,(H,32,33,37)/t18-/m1/s1. The topological polar surface area (TPSA) is 80.1 Å². The summed E-state index contributed by atoms with van der Waals surface area (Å²) in [5.41, 5.74) is -0.508. The fourth-order valence-electron chi connectivity index (χ4n) is 4.55. The minimum absolute atomic E-state index is 0.00856. The Balaban J connectivity index is 1.49. The summed E-state index contributed by atoms with van der Waals surface area (Å²) in [6, 6.07) is 14.1. The molecule has 1 aliphatic rings. The van der Waals surface area contributed by atoms with Crippen LogP contribution in [0.1, 0.15) is 28.0 Å². The van der Waals surface area contributed by atoms with Crippen molar-refractivity contribution in [3.05, 3.63) is 87.8 Å². The van der Waals surface area contributed by atoms with E-state index in [9.17, 15) is 27.2 Å². The van der Waals surface area contributed by atoms with Crippen LogP contribution in [0.5, 0.6) is 0 Å². The van der Waals surface area contributed by atoms with E-state index in [0.29, 0.717) is 31.7 Å². The second kappa shape index (κ2) is 9.97. The van der Waals surface area contributed by atoms with Gasteiger partial charge in [-0.2, -0.15) is 13.2 Å². The number of hydrogen-bond donors (Lipinski definition) is 1. The number of carbonyl (C=O) groups excluding carboxylic acids is 1. The van der Waals surface area contributed by atoms with Crippen molar-refractivity contribution >= 4 is 22.6 Å². The number of fused-ring (bicyclic) bond motifs is 1. The molecule has 1 saturated heterocycles. The van der Waals surface area contributed by atoms with Gasteiger partial charge in [0.1, 0.15) is 17.8 Å². The molecule has 11 heteroatoms. The number of amides is 1. The van der Waals surface area contributed by atoms with Gasteiger partial charge in [-0.15, -0.1) is 0 Å². The molecule has 5 rings (SSSR count). The first kappa shape index (κ1) is 25.5. The zero-order chi connectivity index (χ0) is 27.0. The maximum atomic E-state index is 13.5. The largest absolute Gasteiger partial charge is 0.416 e. The molecule has 7 nitrogen and oxygen atoms in total. The van der Waals surface area contributed by atoms with Crippen LogP contribution in [0.15, 0.2) is 65.5 Å². The van der Waals surface area contributed by atoms with E-state index in [1.807, 2.05) is 4.90 Å². The summed E-state index contributed by atoms with van der Waals surface area (Å²) in [5.74, 6) is -0.325. The summed E-state index contributed by atoms with van der Waals surface area (Å²) < 4.78 is 54.5. The minimum atomic E-state index is -4.57. The van der Waals surface area contributed by atoms with Gasteiger partial charge in [-0.1, -0.05) is 24.3 Å². The smallest absolute Gasteiger partial charge is 0.306 e. The van der Waals surface area contributed by atoms with E-state index in [-0.39, 0.29) is 33.7 Å². The van der Waals surface area contributed by atoms with Crippen molar-refractivity contribution in [3.8, 4) is 11.4 Å². The van der Waals surface area contributed by atoms with E-state index in [0.717, 1.165) is 16.7 Å². The molecule has 0 radical (unpaired) electrons. The van der Waals surface area contributed by atoms with Crippen molar-refractivity contribution in [2.24, 2.45) is 7.05 Å². The SMILES string of the molecule is Cn1c(-c2cccc(C(F)(F)F)c2)nc2c(C(=O)Nc3cccc(CN4CC[C@@H](F)C4)n3)cccc2c1=O. The molecule has 1 fully saturated rings. The average Bonchev–Trinajstić information content (AvgIpc) is 3.29. The van der Waals surface area contributed by atoms with Gasteiger partial charge in [0.05, 0.1) is 27.7 Å². The Hall–Kier alpha value is -4.12. The quantitative estimate of drug-likeness (QED) is 0.379. The number of nitrogens with zero attached hydrogens (tertiary/aromatic N) is 4. The molecule has 0 unspecified atom stereocenters. The number of para-hydroxylation sites is 1. The van der Waals surface area contributed by atoms with Crippen molar-refractivity contribution in [1.29, 1.82) is 0 Å². The molecule has 0 aliphatic carbocycles. The number of pyridine rings is 1. The van der Waals surface area contributed by atoms with Crippen LogP contribution < -0.4 is 10.9 Å². The zero-order valence-corrected chi connectivity index (χ0v) is 20.3. The average molecular weight is 526 g/mol. The summed E-state index contributed by atoms with van der Waals surface area (Å²) in [7, 11) is 1.41. The number of carbonyl (C=O) groups is 1. The molecule has 0 spiro atoms. The molecule has 2 aromatic heterocycles. The highest BCUT2D eigenvalue weighted by Gasteiger charge is 2.31. The van der Waals surface area contributed by atoms with E-state index in [2.05, 4.69) is 15.3 Å². The first-order valence-electron chi connectivity index (χ1n) is 11.9. The van der Waals surface area contributed by atoms with Gasteiger partial charge in [0.25, 0.3) is 11.5 Å². The van der Waals surface area contributed by atoms with E-state index in [1.54, 1.807) is 18.2 Å². The van der Waals surface area contributed by atoms with Gasteiger partial charge in [-0.05, 0) is 42.8 Å². The van der Waals surface area contributed by atoms with Gasteiger partial charge in [0.2, 0.25) is 0 Å². The highest BCUT2D eigenvalue weighted by atomic mass is 19.4. The predicted molar refractivity (Wildman–Crippen MR) is 134 cm³/mol. The first-order valence-corrected chi connectivity index (χ1v) is 11.9.